The third kappa shape index (κ3) is 3.20. The molecule has 2 atom stereocenters. The molecule has 0 amide bonds. The van der Waals surface area contributed by atoms with Crippen molar-refractivity contribution in [2.75, 3.05) is 0 Å². The number of allylic oxidation sites excluding steroid dienone is 2. The van der Waals surface area contributed by atoms with Crippen LogP contribution in [0.4, 0.5) is 0 Å². The van der Waals surface area contributed by atoms with Crippen molar-refractivity contribution in [3.05, 3.63) is 47.8 Å². The lowest BCUT2D eigenvalue weighted by Crippen LogP contribution is -2.52. The van der Waals surface area contributed by atoms with Gasteiger partial charge in [-0.2, -0.15) is 0 Å². The Kier molecular flexibility index (Phi) is 4.23. The number of aryl methyl sites for hydroxylation is 1. The summed E-state index contributed by atoms with van der Waals surface area (Å²) >= 11 is 0. The Labute approximate surface area is 139 Å². The van der Waals surface area contributed by atoms with Crippen LogP contribution in [-0.2, 0) is 7.05 Å². The predicted octanol–water partition coefficient (Wildman–Crippen LogP) is 4.14. The average molecular weight is 315 g/mol. The molecule has 0 aliphatic heterocycles. The van der Waals surface area contributed by atoms with Gasteiger partial charge >= 0.3 is 0 Å². The summed E-state index contributed by atoms with van der Waals surface area (Å²) in [4.78, 5) is 12.7. The molecule has 1 aromatic heterocycles. The van der Waals surface area contributed by atoms with Crippen LogP contribution in [0.1, 0.15) is 51.9 Å². The van der Waals surface area contributed by atoms with Crippen molar-refractivity contribution < 1.29 is 9.90 Å². The van der Waals surface area contributed by atoms with Gasteiger partial charge in [-0.25, -0.2) is 0 Å². The molecule has 0 spiro atoms. The Morgan fingerprint density at radius 2 is 1.83 bits per heavy atom. The minimum absolute atomic E-state index is 0.00654. The minimum Gasteiger partial charge on any atom is -0.385 e. The number of hydrogen-bond acceptors (Lipinski definition) is 2. The highest BCUT2D eigenvalue weighted by Gasteiger charge is 2.49. The van der Waals surface area contributed by atoms with E-state index in [-0.39, 0.29) is 22.5 Å². The molecule has 1 aliphatic carbocycles. The number of Topliss-reactive ketones (excluding diaryl/α,β-unsaturated/α-hetero) is 1. The summed E-state index contributed by atoms with van der Waals surface area (Å²) < 4.78 is 1.87. The van der Waals surface area contributed by atoms with Crippen LogP contribution in [0.2, 0.25) is 0 Å². The van der Waals surface area contributed by atoms with Crippen molar-refractivity contribution in [3.63, 3.8) is 0 Å². The molecule has 2 unspecified atom stereocenters. The van der Waals surface area contributed by atoms with Crippen LogP contribution in [0, 0.1) is 16.7 Å². The first kappa shape index (κ1) is 17.7. The highest BCUT2D eigenvalue weighted by Crippen LogP contribution is 2.48. The molecule has 1 aromatic rings. The van der Waals surface area contributed by atoms with E-state index in [2.05, 4.69) is 20.8 Å². The van der Waals surface area contributed by atoms with Gasteiger partial charge in [-0.1, -0.05) is 59.8 Å². The van der Waals surface area contributed by atoms with E-state index >= 15 is 0 Å². The minimum atomic E-state index is -0.980. The Balaban J connectivity index is 2.46. The Bertz CT molecular complexity index is 665. The molecule has 1 aliphatic rings. The molecule has 126 valence electrons. The van der Waals surface area contributed by atoms with Crippen LogP contribution in [-0.4, -0.2) is 21.1 Å². The molecule has 3 nitrogen and oxygen atoms in total. The van der Waals surface area contributed by atoms with Crippen molar-refractivity contribution in [2.45, 2.75) is 47.1 Å². The van der Waals surface area contributed by atoms with Crippen molar-refractivity contribution in [2.24, 2.45) is 23.8 Å². The van der Waals surface area contributed by atoms with Crippen LogP contribution < -0.4 is 0 Å². The smallest absolute Gasteiger partial charge is 0.194 e. The molecule has 3 heteroatoms. The summed E-state index contributed by atoms with van der Waals surface area (Å²) in [7, 11) is 1.90. The van der Waals surface area contributed by atoms with Crippen molar-refractivity contribution in [1.29, 1.82) is 0 Å². The summed E-state index contributed by atoms with van der Waals surface area (Å²) in [5.74, 6) is -0.130. The summed E-state index contributed by atoms with van der Waals surface area (Å²) in [6.45, 7) is 12.4. The molecule has 0 saturated heterocycles. The second kappa shape index (κ2) is 5.48. The number of hydrogen-bond donors (Lipinski definition) is 1. The first-order valence-electron chi connectivity index (χ1n) is 8.16. The van der Waals surface area contributed by atoms with E-state index in [0.29, 0.717) is 11.1 Å². The highest BCUT2D eigenvalue weighted by molar-refractivity contribution is 6.10. The van der Waals surface area contributed by atoms with Gasteiger partial charge in [0, 0.05) is 36.5 Å². The van der Waals surface area contributed by atoms with Gasteiger partial charge in [0.25, 0.3) is 0 Å². The number of rotatable bonds is 2. The monoisotopic (exact) mass is 315 g/mol. The van der Waals surface area contributed by atoms with Crippen LogP contribution >= 0.6 is 0 Å². The molecule has 0 aromatic carbocycles. The van der Waals surface area contributed by atoms with E-state index in [0.717, 1.165) is 0 Å². The zero-order valence-electron chi connectivity index (χ0n) is 15.3. The Morgan fingerprint density at radius 3 is 2.26 bits per heavy atom. The fourth-order valence-electron chi connectivity index (χ4n) is 3.26. The van der Waals surface area contributed by atoms with E-state index in [1.807, 2.05) is 63.0 Å². The van der Waals surface area contributed by atoms with Crippen LogP contribution in [0.25, 0.3) is 0 Å². The number of ketones is 1. The topological polar surface area (TPSA) is 42.2 Å². The summed E-state index contributed by atoms with van der Waals surface area (Å²) in [6.07, 6.45) is 9.25. The maximum Gasteiger partial charge on any atom is 0.194 e. The lowest BCUT2D eigenvalue weighted by molar-refractivity contribution is -0.0803. The number of aromatic nitrogens is 1. The molecule has 0 bridgehead atoms. The quantitative estimate of drug-likeness (QED) is 0.833. The molecule has 0 radical (unpaired) electrons. The number of carbonyl (C=O) groups is 1. The van der Waals surface area contributed by atoms with Crippen LogP contribution in [0.5, 0.6) is 0 Å². The number of aliphatic hydroxyl groups is 1. The second-order valence-electron chi connectivity index (χ2n) is 8.77. The lowest BCUT2D eigenvalue weighted by Gasteiger charge is -2.49. The third-order valence-corrected chi connectivity index (χ3v) is 4.83. The normalized spacial score (nSPS) is 25.4. The maximum atomic E-state index is 12.7. The van der Waals surface area contributed by atoms with Crippen molar-refractivity contribution >= 4 is 5.78 Å². The van der Waals surface area contributed by atoms with Crippen molar-refractivity contribution in [3.8, 4) is 0 Å². The SMILES string of the molecule is Cn1ccc(C(=O)C2=CC(C(C)(C)C)C(O)(C(C)(C)C)C=C2)c1. The van der Waals surface area contributed by atoms with E-state index < -0.39 is 5.60 Å². The standard InChI is InChI=1S/C20H29NO2/c1-18(2,3)16-12-14(8-10-20(16,23)19(4,5)6)17(22)15-9-11-21(7)13-15/h8-13,16,23H,1-7H3. The van der Waals surface area contributed by atoms with Gasteiger partial charge in [0.1, 0.15) is 0 Å². The van der Waals surface area contributed by atoms with E-state index in [9.17, 15) is 9.90 Å². The van der Waals surface area contributed by atoms with Crippen molar-refractivity contribution in [1.82, 2.24) is 4.57 Å². The number of carbonyl (C=O) groups excluding carboxylic acids is 1. The van der Waals surface area contributed by atoms with Gasteiger partial charge in [0.2, 0.25) is 0 Å². The number of nitrogens with zero attached hydrogens (tertiary/aromatic N) is 1. The summed E-state index contributed by atoms with van der Waals surface area (Å²) in [6, 6.07) is 1.83. The fourth-order valence-corrected chi connectivity index (χ4v) is 3.26. The maximum absolute atomic E-state index is 12.7. The van der Waals surface area contributed by atoms with Gasteiger partial charge in [-0.15, -0.1) is 0 Å². The van der Waals surface area contributed by atoms with Gasteiger partial charge in [0.05, 0.1) is 5.60 Å². The zero-order chi connectivity index (χ0) is 17.6. The van der Waals surface area contributed by atoms with E-state index in [1.54, 1.807) is 6.08 Å². The fraction of sp³-hybridized carbons (Fsp3) is 0.550. The van der Waals surface area contributed by atoms with Gasteiger partial charge < -0.3 is 9.67 Å². The molecule has 23 heavy (non-hydrogen) atoms. The molecular weight excluding hydrogens is 286 g/mol. The lowest BCUT2D eigenvalue weighted by atomic mass is 9.59. The molecule has 1 heterocycles. The molecule has 0 fully saturated rings. The molecular formula is C20H29NO2. The van der Waals surface area contributed by atoms with E-state index in [1.165, 1.54) is 0 Å². The van der Waals surface area contributed by atoms with E-state index in [4.69, 9.17) is 0 Å². The van der Waals surface area contributed by atoms with Gasteiger partial charge in [-0.05, 0) is 16.9 Å². The zero-order valence-corrected chi connectivity index (χ0v) is 15.3. The van der Waals surface area contributed by atoms with Gasteiger partial charge in [0.15, 0.2) is 5.78 Å². The van der Waals surface area contributed by atoms with Crippen LogP contribution in [0.15, 0.2) is 42.3 Å². The summed E-state index contributed by atoms with van der Waals surface area (Å²) in [5, 5.41) is 11.3. The predicted molar refractivity (Wildman–Crippen MR) is 94.3 cm³/mol. The third-order valence-electron chi connectivity index (χ3n) is 4.83. The summed E-state index contributed by atoms with van der Waals surface area (Å²) in [5.41, 5.74) is -0.123. The first-order chi connectivity index (χ1) is 10.4. The Morgan fingerprint density at radius 1 is 1.22 bits per heavy atom. The first-order valence-corrected chi connectivity index (χ1v) is 8.16. The molecule has 0 saturated carbocycles. The Hall–Kier alpha value is -1.61. The molecule has 2 rings (SSSR count). The highest BCUT2D eigenvalue weighted by atomic mass is 16.3. The second-order valence-corrected chi connectivity index (χ2v) is 8.77. The largest absolute Gasteiger partial charge is 0.385 e. The molecule has 1 N–H and O–H groups in total. The van der Waals surface area contributed by atoms with Crippen LogP contribution in [0.3, 0.4) is 0 Å². The average Bonchev–Trinajstić information content (AvgIpc) is 2.82. The van der Waals surface area contributed by atoms with Gasteiger partial charge in [-0.3, -0.25) is 4.79 Å².